The number of nitrogens with one attached hydrogen (secondary N) is 1. The number of halogens is 4. The Labute approximate surface area is 96.6 Å². The summed E-state index contributed by atoms with van der Waals surface area (Å²) in [5.74, 6) is -1.83. The summed E-state index contributed by atoms with van der Waals surface area (Å²) in [5, 5.41) is 0.269. The van der Waals surface area contributed by atoms with Crippen LogP contribution >= 0.6 is 15.9 Å². The van der Waals surface area contributed by atoms with E-state index < -0.39 is 12.0 Å². The molecule has 0 aliphatic rings. The number of alkyl halides is 3. The van der Waals surface area contributed by atoms with Crippen molar-refractivity contribution in [1.82, 2.24) is 4.98 Å². The summed E-state index contributed by atoms with van der Waals surface area (Å²) in [6.07, 6.45) is -3.77. The van der Waals surface area contributed by atoms with E-state index in [1.807, 2.05) is 0 Å². The summed E-state index contributed by atoms with van der Waals surface area (Å²) in [7, 11) is 0. The lowest BCUT2D eigenvalue weighted by molar-refractivity contribution is -0.0884. The van der Waals surface area contributed by atoms with Gasteiger partial charge in [0.05, 0.1) is 5.56 Å². The maximum absolute atomic E-state index is 12.2. The Morgan fingerprint density at radius 3 is 2.62 bits per heavy atom. The van der Waals surface area contributed by atoms with Gasteiger partial charge in [0.1, 0.15) is 0 Å². The molecular weight excluding hydrogens is 287 g/mol. The van der Waals surface area contributed by atoms with E-state index in [2.05, 4.69) is 20.9 Å². The van der Waals surface area contributed by atoms with E-state index in [-0.39, 0.29) is 10.9 Å². The second-order valence-corrected chi connectivity index (χ2v) is 4.13. The summed E-state index contributed by atoms with van der Waals surface area (Å²) < 4.78 is 37.5. The SMILES string of the molecule is O=C(c1c[nH]c2cc(Br)ccc12)C(F)(F)F. The van der Waals surface area contributed by atoms with Crippen molar-refractivity contribution in [3.8, 4) is 0 Å². The van der Waals surface area contributed by atoms with Gasteiger partial charge in [0.15, 0.2) is 0 Å². The van der Waals surface area contributed by atoms with E-state index in [4.69, 9.17) is 0 Å². The zero-order chi connectivity index (χ0) is 11.9. The zero-order valence-electron chi connectivity index (χ0n) is 7.73. The molecule has 84 valence electrons. The van der Waals surface area contributed by atoms with Gasteiger partial charge in [0.25, 0.3) is 5.78 Å². The van der Waals surface area contributed by atoms with Gasteiger partial charge >= 0.3 is 6.18 Å². The van der Waals surface area contributed by atoms with Gasteiger partial charge in [-0.1, -0.05) is 22.0 Å². The lowest BCUT2D eigenvalue weighted by Gasteiger charge is -2.03. The van der Waals surface area contributed by atoms with Crippen molar-refractivity contribution in [1.29, 1.82) is 0 Å². The highest BCUT2D eigenvalue weighted by Crippen LogP contribution is 2.28. The molecule has 0 atom stereocenters. The van der Waals surface area contributed by atoms with Gasteiger partial charge in [-0.05, 0) is 12.1 Å². The molecule has 6 heteroatoms. The standard InChI is InChI=1S/C10H5BrF3NO/c11-5-1-2-6-7(4-15-8(6)3-5)9(16)10(12,13)14/h1-4,15H. The first-order chi connectivity index (χ1) is 7.39. The van der Waals surface area contributed by atoms with Gasteiger partial charge < -0.3 is 4.98 Å². The molecule has 1 N–H and O–H groups in total. The minimum Gasteiger partial charge on any atom is -0.360 e. The van der Waals surface area contributed by atoms with Crippen molar-refractivity contribution in [2.45, 2.75) is 6.18 Å². The smallest absolute Gasteiger partial charge is 0.360 e. The van der Waals surface area contributed by atoms with E-state index in [1.165, 1.54) is 6.07 Å². The number of hydrogen-bond donors (Lipinski definition) is 1. The third-order valence-corrected chi connectivity index (χ3v) is 2.64. The Kier molecular flexibility index (Phi) is 2.53. The molecule has 0 spiro atoms. The van der Waals surface area contributed by atoms with Crippen LogP contribution in [0, 0.1) is 0 Å². The fraction of sp³-hybridized carbons (Fsp3) is 0.100. The lowest BCUT2D eigenvalue weighted by Crippen LogP contribution is -2.22. The maximum Gasteiger partial charge on any atom is 0.454 e. The molecule has 0 radical (unpaired) electrons. The first-order valence-corrected chi connectivity index (χ1v) is 5.07. The molecule has 1 aromatic heterocycles. The molecule has 0 amide bonds. The minimum atomic E-state index is -4.85. The quantitative estimate of drug-likeness (QED) is 0.799. The number of carbonyl (C=O) groups excluding carboxylic acids is 1. The van der Waals surface area contributed by atoms with Crippen LogP contribution in [-0.2, 0) is 0 Å². The van der Waals surface area contributed by atoms with Crippen LogP contribution in [0.2, 0.25) is 0 Å². The van der Waals surface area contributed by atoms with Crippen LogP contribution < -0.4 is 0 Å². The van der Waals surface area contributed by atoms with Crippen molar-refractivity contribution < 1.29 is 18.0 Å². The largest absolute Gasteiger partial charge is 0.454 e. The number of Topliss-reactive ketones (excluding diaryl/α,β-unsaturated/α-hetero) is 1. The molecule has 1 aromatic carbocycles. The molecule has 0 aliphatic heterocycles. The number of H-pyrrole nitrogens is 1. The second kappa shape index (κ2) is 3.62. The van der Waals surface area contributed by atoms with E-state index in [0.29, 0.717) is 5.52 Å². The predicted octanol–water partition coefficient (Wildman–Crippen LogP) is 3.68. The normalized spacial score (nSPS) is 12.0. The van der Waals surface area contributed by atoms with Crippen molar-refractivity contribution in [2.75, 3.05) is 0 Å². The molecule has 0 saturated heterocycles. The van der Waals surface area contributed by atoms with Crippen molar-refractivity contribution in [2.24, 2.45) is 0 Å². The van der Waals surface area contributed by atoms with Crippen molar-refractivity contribution in [3.63, 3.8) is 0 Å². The third-order valence-electron chi connectivity index (χ3n) is 2.15. The zero-order valence-corrected chi connectivity index (χ0v) is 9.32. The van der Waals surface area contributed by atoms with Crippen LogP contribution in [0.1, 0.15) is 10.4 Å². The Balaban J connectivity index is 2.59. The second-order valence-electron chi connectivity index (χ2n) is 3.22. The van der Waals surface area contributed by atoms with Crippen LogP contribution in [0.15, 0.2) is 28.9 Å². The first kappa shape index (κ1) is 11.2. The molecule has 0 unspecified atom stereocenters. The molecule has 0 aliphatic carbocycles. The molecule has 0 saturated carbocycles. The molecule has 0 fully saturated rings. The summed E-state index contributed by atoms with van der Waals surface area (Å²) in [4.78, 5) is 13.7. The Bertz CT molecular complexity index is 559. The summed E-state index contributed by atoms with van der Waals surface area (Å²) >= 11 is 3.19. The molecule has 2 aromatic rings. The van der Waals surface area contributed by atoms with Crippen molar-refractivity contribution in [3.05, 3.63) is 34.4 Å². The average molecular weight is 292 g/mol. The topological polar surface area (TPSA) is 32.9 Å². The summed E-state index contributed by atoms with van der Waals surface area (Å²) in [5.41, 5.74) is 0.136. The number of ketones is 1. The Morgan fingerprint density at radius 1 is 1.31 bits per heavy atom. The summed E-state index contributed by atoms with van der Waals surface area (Å²) in [6.45, 7) is 0. The van der Waals surface area contributed by atoms with Gasteiger partial charge in [-0.2, -0.15) is 13.2 Å². The maximum atomic E-state index is 12.2. The Hall–Kier alpha value is -1.30. The number of fused-ring (bicyclic) bond motifs is 1. The number of hydrogen-bond acceptors (Lipinski definition) is 1. The number of rotatable bonds is 1. The monoisotopic (exact) mass is 291 g/mol. The van der Waals surface area contributed by atoms with Gasteiger partial charge in [-0.15, -0.1) is 0 Å². The van der Waals surface area contributed by atoms with Gasteiger partial charge in [0.2, 0.25) is 0 Å². The minimum absolute atomic E-state index is 0.269. The van der Waals surface area contributed by atoms with Crippen LogP contribution in [-0.4, -0.2) is 16.9 Å². The van der Waals surface area contributed by atoms with Gasteiger partial charge in [0, 0.05) is 21.6 Å². The van der Waals surface area contributed by atoms with E-state index in [9.17, 15) is 18.0 Å². The van der Waals surface area contributed by atoms with Gasteiger partial charge in [-0.3, -0.25) is 4.79 Å². The van der Waals surface area contributed by atoms with E-state index in [0.717, 1.165) is 10.7 Å². The molecular formula is C10H5BrF3NO. The van der Waals surface area contributed by atoms with Crippen molar-refractivity contribution >= 4 is 32.6 Å². The molecule has 2 nitrogen and oxygen atoms in total. The van der Waals surface area contributed by atoms with Crippen LogP contribution in [0.3, 0.4) is 0 Å². The molecule has 16 heavy (non-hydrogen) atoms. The van der Waals surface area contributed by atoms with Crippen LogP contribution in [0.25, 0.3) is 10.9 Å². The fourth-order valence-electron chi connectivity index (χ4n) is 1.44. The number of carbonyl (C=O) groups is 1. The van der Waals surface area contributed by atoms with Crippen LogP contribution in [0.4, 0.5) is 13.2 Å². The molecule has 2 rings (SSSR count). The molecule has 1 heterocycles. The average Bonchev–Trinajstić information content (AvgIpc) is 2.57. The lowest BCUT2D eigenvalue weighted by atomic mass is 10.1. The van der Waals surface area contributed by atoms with Crippen LogP contribution in [0.5, 0.6) is 0 Å². The highest BCUT2D eigenvalue weighted by Gasteiger charge is 2.40. The fourth-order valence-corrected chi connectivity index (χ4v) is 1.80. The highest BCUT2D eigenvalue weighted by molar-refractivity contribution is 9.10. The highest BCUT2D eigenvalue weighted by atomic mass is 79.9. The third kappa shape index (κ3) is 1.84. The van der Waals surface area contributed by atoms with E-state index >= 15 is 0 Å². The number of benzene rings is 1. The summed E-state index contributed by atoms with van der Waals surface area (Å²) in [6, 6.07) is 4.67. The van der Waals surface area contributed by atoms with Gasteiger partial charge in [-0.25, -0.2) is 0 Å². The Morgan fingerprint density at radius 2 is 2.00 bits per heavy atom. The van der Waals surface area contributed by atoms with E-state index in [1.54, 1.807) is 12.1 Å². The number of aromatic amines is 1. The predicted molar refractivity (Wildman–Crippen MR) is 56.4 cm³/mol. The first-order valence-electron chi connectivity index (χ1n) is 4.28. The molecule has 0 bridgehead atoms. The number of aromatic nitrogens is 1.